The van der Waals surface area contributed by atoms with Crippen LogP contribution in [0.3, 0.4) is 0 Å². The van der Waals surface area contributed by atoms with E-state index in [4.69, 9.17) is 14.6 Å². The Bertz CT molecular complexity index is 883. The number of hydrogen-bond acceptors (Lipinski definition) is 4. The average molecular weight is 349 g/mol. The molecule has 0 saturated carbocycles. The number of aryl methyl sites for hydroxylation is 2. The van der Waals surface area contributed by atoms with Gasteiger partial charge in [0.25, 0.3) is 0 Å². The minimum Gasteiger partial charge on any atom is -0.497 e. The van der Waals surface area contributed by atoms with Crippen molar-refractivity contribution >= 4 is 5.82 Å². The zero-order valence-corrected chi connectivity index (χ0v) is 15.2. The van der Waals surface area contributed by atoms with Crippen molar-refractivity contribution in [3.05, 3.63) is 65.4 Å². The number of aromatic nitrogens is 2. The smallest absolute Gasteiger partial charge is 0.133 e. The van der Waals surface area contributed by atoms with Crippen molar-refractivity contribution in [1.29, 1.82) is 0 Å². The number of fused-ring (bicyclic) bond motifs is 1. The van der Waals surface area contributed by atoms with Gasteiger partial charge >= 0.3 is 0 Å². The van der Waals surface area contributed by atoms with E-state index in [2.05, 4.69) is 17.4 Å². The standard InChI is InChI=1S/C21H23N3O2/c1-25-17-8-3-15(4-9-17)5-12-20-19-13-14-22-21(19)24(23-20)16-6-10-18(26-2)11-7-16/h3-4,6-11,22H,5,12-14H2,1-2H3. The van der Waals surface area contributed by atoms with Crippen LogP contribution in [-0.4, -0.2) is 30.5 Å². The van der Waals surface area contributed by atoms with E-state index in [-0.39, 0.29) is 0 Å². The number of hydrogen-bond donors (Lipinski definition) is 1. The van der Waals surface area contributed by atoms with E-state index in [1.165, 1.54) is 16.8 Å². The van der Waals surface area contributed by atoms with Crippen LogP contribution >= 0.6 is 0 Å². The van der Waals surface area contributed by atoms with Crippen molar-refractivity contribution in [3.8, 4) is 17.2 Å². The molecule has 5 nitrogen and oxygen atoms in total. The molecule has 0 saturated heterocycles. The molecule has 0 atom stereocenters. The van der Waals surface area contributed by atoms with Crippen molar-refractivity contribution in [2.45, 2.75) is 19.3 Å². The number of nitrogens with zero attached hydrogens (tertiary/aromatic N) is 2. The van der Waals surface area contributed by atoms with Gasteiger partial charge in [0.2, 0.25) is 0 Å². The van der Waals surface area contributed by atoms with Gasteiger partial charge in [0.1, 0.15) is 17.3 Å². The Labute approximate surface area is 153 Å². The quantitative estimate of drug-likeness (QED) is 0.738. The maximum absolute atomic E-state index is 5.25. The monoisotopic (exact) mass is 349 g/mol. The summed E-state index contributed by atoms with van der Waals surface area (Å²) in [6.45, 7) is 0.971. The number of nitrogens with one attached hydrogen (secondary N) is 1. The normalized spacial score (nSPS) is 12.5. The van der Waals surface area contributed by atoms with Gasteiger partial charge in [-0.2, -0.15) is 5.10 Å². The first-order chi connectivity index (χ1) is 12.8. The second-order valence-electron chi connectivity index (χ2n) is 6.41. The summed E-state index contributed by atoms with van der Waals surface area (Å²) in [5, 5.41) is 8.38. The van der Waals surface area contributed by atoms with Crippen LogP contribution in [0.4, 0.5) is 5.82 Å². The van der Waals surface area contributed by atoms with Crippen LogP contribution in [0.15, 0.2) is 48.5 Å². The van der Waals surface area contributed by atoms with Crippen LogP contribution in [0.5, 0.6) is 11.5 Å². The molecule has 134 valence electrons. The van der Waals surface area contributed by atoms with Crippen molar-refractivity contribution in [3.63, 3.8) is 0 Å². The maximum Gasteiger partial charge on any atom is 0.133 e. The molecule has 0 radical (unpaired) electrons. The number of anilines is 1. The first-order valence-corrected chi connectivity index (χ1v) is 8.90. The molecule has 1 aliphatic rings. The highest BCUT2D eigenvalue weighted by Gasteiger charge is 2.22. The number of ether oxygens (including phenoxy) is 2. The van der Waals surface area contributed by atoms with Crippen LogP contribution < -0.4 is 14.8 Å². The van der Waals surface area contributed by atoms with Crippen molar-refractivity contribution < 1.29 is 9.47 Å². The molecular formula is C21H23N3O2. The summed E-state index contributed by atoms with van der Waals surface area (Å²) in [6.07, 6.45) is 2.93. The van der Waals surface area contributed by atoms with Crippen LogP contribution in [0.25, 0.3) is 5.69 Å². The number of methoxy groups -OCH3 is 2. The van der Waals surface area contributed by atoms with Gasteiger partial charge in [-0.3, -0.25) is 0 Å². The van der Waals surface area contributed by atoms with Gasteiger partial charge in [-0.25, -0.2) is 4.68 Å². The molecule has 1 N–H and O–H groups in total. The van der Waals surface area contributed by atoms with E-state index >= 15 is 0 Å². The summed E-state index contributed by atoms with van der Waals surface area (Å²) in [7, 11) is 3.37. The van der Waals surface area contributed by atoms with Crippen LogP contribution in [-0.2, 0) is 19.3 Å². The van der Waals surface area contributed by atoms with Gasteiger partial charge in [-0.15, -0.1) is 0 Å². The largest absolute Gasteiger partial charge is 0.497 e. The highest BCUT2D eigenvalue weighted by atomic mass is 16.5. The maximum atomic E-state index is 5.25. The Kier molecular flexibility index (Phi) is 4.52. The van der Waals surface area contributed by atoms with Gasteiger partial charge < -0.3 is 14.8 Å². The second-order valence-corrected chi connectivity index (χ2v) is 6.41. The van der Waals surface area contributed by atoms with Crippen molar-refractivity contribution in [2.75, 3.05) is 26.1 Å². The lowest BCUT2D eigenvalue weighted by atomic mass is 10.1. The number of rotatable bonds is 6. The second kappa shape index (κ2) is 7.12. The molecule has 0 unspecified atom stereocenters. The molecule has 0 amide bonds. The summed E-state index contributed by atoms with van der Waals surface area (Å²) < 4.78 is 12.5. The minimum absolute atomic E-state index is 0.852. The van der Waals surface area contributed by atoms with E-state index in [0.717, 1.165) is 48.8 Å². The molecule has 26 heavy (non-hydrogen) atoms. The predicted molar refractivity (Wildman–Crippen MR) is 103 cm³/mol. The van der Waals surface area contributed by atoms with E-state index < -0.39 is 0 Å². The summed E-state index contributed by atoms with van der Waals surface area (Å²) in [6, 6.07) is 16.3. The highest BCUT2D eigenvalue weighted by molar-refractivity contribution is 5.57. The molecule has 2 heterocycles. The average Bonchev–Trinajstić information content (AvgIpc) is 3.30. The molecule has 2 aromatic carbocycles. The first-order valence-electron chi connectivity index (χ1n) is 8.90. The molecule has 0 fully saturated rings. The fourth-order valence-electron chi connectivity index (χ4n) is 3.41. The third-order valence-electron chi connectivity index (χ3n) is 4.86. The van der Waals surface area contributed by atoms with E-state index in [9.17, 15) is 0 Å². The van der Waals surface area contributed by atoms with Gasteiger partial charge in [0, 0.05) is 12.1 Å². The van der Waals surface area contributed by atoms with Crippen LogP contribution in [0.1, 0.15) is 16.8 Å². The van der Waals surface area contributed by atoms with Crippen LogP contribution in [0.2, 0.25) is 0 Å². The molecule has 4 rings (SSSR count). The Hall–Kier alpha value is -2.95. The van der Waals surface area contributed by atoms with Crippen molar-refractivity contribution in [1.82, 2.24) is 9.78 Å². The van der Waals surface area contributed by atoms with E-state index in [0.29, 0.717) is 0 Å². The predicted octanol–water partition coefficient (Wildman–Crippen LogP) is 3.64. The zero-order valence-electron chi connectivity index (χ0n) is 15.2. The highest BCUT2D eigenvalue weighted by Crippen LogP contribution is 2.30. The third-order valence-corrected chi connectivity index (χ3v) is 4.86. The third kappa shape index (κ3) is 3.12. The zero-order chi connectivity index (χ0) is 17.9. The molecule has 5 heteroatoms. The number of benzene rings is 2. The van der Waals surface area contributed by atoms with E-state index in [1.807, 2.05) is 41.1 Å². The summed E-state index contributed by atoms with van der Waals surface area (Å²) >= 11 is 0. The summed E-state index contributed by atoms with van der Waals surface area (Å²) in [5.41, 5.74) is 4.86. The lowest BCUT2D eigenvalue weighted by Crippen LogP contribution is -2.05. The molecule has 0 spiro atoms. The summed E-state index contributed by atoms with van der Waals surface area (Å²) in [4.78, 5) is 0. The Morgan fingerprint density at radius 3 is 2.23 bits per heavy atom. The van der Waals surface area contributed by atoms with Gasteiger partial charge in [-0.05, 0) is 61.2 Å². The Morgan fingerprint density at radius 1 is 0.923 bits per heavy atom. The van der Waals surface area contributed by atoms with Gasteiger partial charge in [0.05, 0.1) is 25.6 Å². The SMILES string of the molecule is COc1ccc(CCc2nn(-c3ccc(OC)cc3)c3c2CCN3)cc1. The van der Waals surface area contributed by atoms with Crippen molar-refractivity contribution in [2.24, 2.45) is 0 Å². The lowest BCUT2D eigenvalue weighted by Gasteiger charge is -2.07. The topological polar surface area (TPSA) is 48.3 Å². The molecule has 0 aliphatic carbocycles. The Balaban J connectivity index is 1.56. The summed E-state index contributed by atoms with van der Waals surface area (Å²) in [5.74, 6) is 2.87. The molecule has 1 aliphatic heterocycles. The molecule has 3 aromatic rings. The fraction of sp³-hybridized carbons (Fsp3) is 0.286. The Morgan fingerprint density at radius 2 is 1.58 bits per heavy atom. The molecular weight excluding hydrogens is 326 g/mol. The van der Waals surface area contributed by atoms with Crippen LogP contribution in [0, 0.1) is 0 Å². The minimum atomic E-state index is 0.852. The first kappa shape index (κ1) is 16.5. The van der Waals surface area contributed by atoms with E-state index in [1.54, 1.807) is 14.2 Å². The van der Waals surface area contributed by atoms with Gasteiger partial charge in [-0.1, -0.05) is 12.1 Å². The molecule has 1 aromatic heterocycles. The lowest BCUT2D eigenvalue weighted by molar-refractivity contribution is 0.414. The fourth-order valence-corrected chi connectivity index (χ4v) is 3.41. The molecule has 0 bridgehead atoms. The van der Waals surface area contributed by atoms with Gasteiger partial charge in [0.15, 0.2) is 0 Å².